The van der Waals surface area contributed by atoms with Crippen molar-refractivity contribution in [1.29, 1.82) is 0 Å². The second kappa shape index (κ2) is 11.9. The number of methoxy groups -OCH3 is 1. The fourth-order valence-corrected chi connectivity index (χ4v) is 6.25. The highest BCUT2D eigenvalue weighted by molar-refractivity contribution is 6.00. The number of carbonyl (C=O) groups excluding carboxylic acids is 1. The lowest BCUT2D eigenvalue weighted by atomic mass is 10.0. The Morgan fingerprint density at radius 3 is 2.53 bits per heavy atom. The maximum absolute atomic E-state index is 12.7. The Kier molecular flexibility index (Phi) is 7.90. The first-order valence-corrected chi connectivity index (χ1v) is 14.6. The van der Waals surface area contributed by atoms with Gasteiger partial charge in [0, 0.05) is 43.0 Å². The summed E-state index contributed by atoms with van der Waals surface area (Å²) in [5.74, 6) is 2.44. The number of hydrogen-bond acceptors (Lipinski definition) is 9. The minimum atomic E-state index is 0.0976. The molecule has 0 radical (unpaired) electrons. The summed E-state index contributed by atoms with van der Waals surface area (Å²) >= 11 is 0. The van der Waals surface area contributed by atoms with Crippen molar-refractivity contribution in [3.05, 3.63) is 72.2 Å². The van der Waals surface area contributed by atoms with Gasteiger partial charge in [0.1, 0.15) is 17.8 Å². The summed E-state index contributed by atoms with van der Waals surface area (Å²) in [4.78, 5) is 34.6. The quantitative estimate of drug-likeness (QED) is 0.198. The van der Waals surface area contributed by atoms with Crippen LogP contribution in [0.4, 0.5) is 11.6 Å². The number of benzene rings is 1. The average Bonchev–Trinajstić information content (AvgIpc) is 3.68. The van der Waals surface area contributed by atoms with Gasteiger partial charge < -0.3 is 20.3 Å². The first kappa shape index (κ1) is 28.5. The van der Waals surface area contributed by atoms with Gasteiger partial charge in [-0.25, -0.2) is 19.6 Å². The second-order valence-electron chi connectivity index (χ2n) is 11.7. The lowest BCUT2D eigenvalue weighted by Gasteiger charge is -2.18. The molecule has 11 nitrogen and oxygen atoms in total. The molecule has 1 amide bonds. The van der Waals surface area contributed by atoms with E-state index in [0.29, 0.717) is 29.4 Å². The first-order chi connectivity index (χ1) is 20.8. The van der Waals surface area contributed by atoms with Crippen molar-refractivity contribution in [3.63, 3.8) is 0 Å². The summed E-state index contributed by atoms with van der Waals surface area (Å²) in [7, 11) is 5.58. The number of aromatic nitrogens is 5. The van der Waals surface area contributed by atoms with Gasteiger partial charge in [-0.15, -0.1) is 0 Å². The van der Waals surface area contributed by atoms with Crippen molar-refractivity contribution >= 4 is 34.5 Å². The van der Waals surface area contributed by atoms with Gasteiger partial charge in [-0.1, -0.05) is 18.2 Å². The number of rotatable bonds is 7. The molecule has 1 aliphatic carbocycles. The minimum Gasteiger partial charge on any atom is -0.481 e. The minimum absolute atomic E-state index is 0.0976. The number of aryl methyl sites for hydroxylation is 1. The molecule has 3 aromatic heterocycles. The highest BCUT2D eigenvalue weighted by Crippen LogP contribution is 2.45. The Labute approximate surface area is 251 Å². The molecule has 4 aromatic rings. The summed E-state index contributed by atoms with van der Waals surface area (Å²) in [5.41, 5.74) is 10.7. The molecule has 2 unspecified atom stereocenters. The molecule has 2 aliphatic rings. The Morgan fingerprint density at radius 1 is 1.12 bits per heavy atom. The molecule has 1 aliphatic heterocycles. The van der Waals surface area contributed by atoms with Gasteiger partial charge in [-0.05, 0) is 75.5 Å². The zero-order valence-electron chi connectivity index (χ0n) is 25.0. The third-order valence-electron chi connectivity index (χ3n) is 8.35. The van der Waals surface area contributed by atoms with E-state index in [4.69, 9.17) is 15.6 Å². The molecule has 43 heavy (non-hydrogen) atoms. The molecule has 11 heteroatoms. The predicted octanol–water partition coefficient (Wildman–Crippen LogP) is 4.03. The van der Waals surface area contributed by atoms with Crippen LogP contribution in [0.25, 0.3) is 22.3 Å². The Hall–Kier alpha value is -4.64. The number of nitrogen functional groups attached to an aromatic ring is 1. The van der Waals surface area contributed by atoms with E-state index in [1.54, 1.807) is 19.4 Å². The van der Waals surface area contributed by atoms with Crippen LogP contribution in [0, 0.1) is 18.8 Å². The summed E-state index contributed by atoms with van der Waals surface area (Å²) in [6.45, 7) is 4.31. The number of pyridine rings is 1. The molecule has 2 N–H and O–H groups in total. The highest BCUT2D eigenvalue weighted by Gasteiger charge is 2.43. The van der Waals surface area contributed by atoms with Crippen LogP contribution in [0.2, 0.25) is 0 Å². The van der Waals surface area contributed by atoms with Gasteiger partial charge >= 0.3 is 0 Å². The smallest absolute Gasteiger partial charge is 0.246 e. The fraction of sp³-hybridized carbons (Fsp3) is 0.375. The number of nitrogens with zero attached hydrogens (tertiary/aromatic N) is 8. The summed E-state index contributed by atoms with van der Waals surface area (Å²) in [6.07, 6.45) is 8.75. The van der Waals surface area contributed by atoms with Gasteiger partial charge in [0.05, 0.1) is 18.5 Å². The van der Waals surface area contributed by atoms with E-state index in [1.165, 1.54) is 6.33 Å². The van der Waals surface area contributed by atoms with Gasteiger partial charge in [0.25, 0.3) is 0 Å². The van der Waals surface area contributed by atoms with Crippen LogP contribution < -0.4 is 5.73 Å². The van der Waals surface area contributed by atoms with E-state index < -0.39 is 0 Å². The van der Waals surface area contributed by atoms with Crippen molar-refractivity contribution in [3.8, 4) is 11.3 Å². The molecule has 2 fully saturated rings. The van der Waals surface area contributed by atoms with Gasteiger partial charge in [-0.2, -0.15) is 10.1 Å². The molecule has 6 rings (SSSR count). The second-order valence-corrected chi connectivity index (χ2v) is 11.7. The lowest BCUT2D eigenvalue weighted by Crippen LogP contribution is -2.28. The molecular weight excluding hydrogens is 542 g/mol. The van der Waals surface area contributed by atoms with E-state index in [2.05, 4.69) is 19.9 Å². The van der Waals surface area contributed by atoms with Crippen molar-refractivity contribution < 1.29 is 9.53 Å². The van der Waals surface area contributed by atoms with Gasteiger partial charge in [-0.3, -0.25) is 4.79 Å². The Morgan fingerprint density at radius 2 is 1.86 bits per heavy atom. The maximum Gasteiger partial charge on any atom is 0.246 e. The molecule has 222 valence electrons. The van der Waals surface area contributed by atoms with Crippen LogP contribution in [0.1, 0.15) is 30.0 Å². The number of hydrogen-bond donors (Lipinski definition) is 1. The number of ether oxygens (including phenoxy) is 1. The van der Waals surface area contributed by atoms with E-state index >= 15 is 0 Å². The third kappa shape index (κ3) is 5.85. The number of fused-ring (bicyclic) bond motifs is 2. The topological polar surface area (TPSA) is 128 Å². The number of likely N-dealkylation sites (N-methyl/N-ethyl adjacent to an activating group) is 1. The number of nitrogens with two attached hydrogens (primary N) is 1. The van der Waals surface area contributed by atoms with E-state index in [0.717, 1.165) is 65.9 Å². The normalized spacial score (nSPS) is 20.4. The number of carbonyl (C=O) groups is 1. The number of likely N-dealkylation sites (tertiary alicyclic amines) is 1. The molecule has 4 heterocycles. The van der Waals surface area contributed by atoms with Crippen molar-refractivity contribution in [2.75, 3.05) is 46.6 Å². The van der Waals surface area contributed by atoms with Crippen LogP contribution in [0.15, 0.2) is 66.1 Å². The molecule has 1 saturated carbocycles. The van der Waals surface area contributed by atoms with E-state index in [9.17, 15) is 4.79 Å². The molecule has 2 atom stereocenters. The van der Waals surface area contributed by atoms with Gasteiger partial charge in [0.15, 0.2) is 11.5 Å². The molecule has 1 saturated heterocycles. The number of anilines is 1. The average molecular weight is 580 g/mol. The molecule has 1 aromatic carbocycles. The summed E-state index contributed by atoms with van der Waals surface area (Å²) in [6, 6.07) is 11.9. The molecule has 0 spiro atoms. The Bertz CT molecular complexity index is 1680. The Balaban J connectivity index is 1.23. The highest BCUT2D eigenvalue weighted by atomic mass is 16.5. The van der Waals surface area contributed by atoms with Crippen LogP contribution in [0.3, 0.4) is 0 Å². The van der Waals surface area contributed by atoms with Crippen molar-refractivity contribution in [2.24, 2.45) is 16.8 Å². The van der Waals surface area contributed by atoms with Crippen LogP contribution >= 0.6 is 0 Å². The van der Waals surface area contributed by atoms with Crippen LogP contribution in [-0.4, -0.2) is 87.2 Å². The monoisotopic (exact) mass is 579 g/mol. The molecular formula is C32H37N9O2. The fourth-order valence-electron chi connectivity index (χ4n) is 6.25. The lowest BCUT2D eigenvalue weighted by molar-refractivity contribution is -0.125. The first-order valence-electron chi connectivity index (χ1n) is 14.6. The summed E-state index contributed by atoms with van der Waals surface area (Å²) < 4.78 is 7.63. The molecule has 0 bridgehead atoms. The van der Waals surface area contributed by atoms with Crippen LogP contribution in [-0.2, 0) is 9.53 Å². The predicted molar refractivity (Wildman–Crippen MR) is 167 cm³/mol. The van der Waals surface area contributed by atoms with Crippen molar-refractivity contribution in [1.82, 2.24) is 34.5 Å². The van der Waals surface area contributed by atoms with Gasteiger partial charge in [0.2, 0.25) is 11.8 Å². The third-order valence-corrected chi connectivity index (χ3v) is 8.35. The van der Waals surface area contributed by atoms with Crippen molar-refractivity contribution in [2.45, 2.75) is 25.8 Å². The zero-order valence-corrected chi connectivity index (χ0v) is 25.0. The zero-order chi connectivity index (χ0) is 30.1. The van der Waals surface area contributed by atoms with E-state index in [1.807, 2.05) is 78.0 Å². The number of aliphatic imine (C=N–C) groups is 1. The van der Waals surface area contributed by atoms with Crippen LogP contribution in [0.5, 0.6) is 0 Å². The largest absolute Gasteiger partial charge is 0.481 e. The maximum atomic E-state index is 12.7. The van der Waals surface area contributed by atoms with E-state index in [-0.39, 0.29) is 11.9 Å². The SMILES string of the molecule is COC(=Nc1cc(C)ccn1)c1ccc(-c2nn(C3CC4CN(C(=O)/C=C/CN(C)C)CC4C3)c3ncnc(N)c23)cc1. The standard InChI is InChI=1S/C32H37N9O2/c1-20-11-12-34-26(14-20)37-32(43-4)22-9-7-21(8-10-22)29-28-30(33)35-19-36-31(28)41(38-29)25-15-23-17-40(18-24(23)16-25)27(42)6-5-13-39(2)3/h5-12,14,19,23-25H,13,15-18H2,1-4H3,(H2,33,35,36)/b6-5+,37-32?. The summed E-state index contributed by atoms with van der Waals surface area (Å²) in [5, 5.41) is 5.83. The number of amides is 1.